The Morgan fingerprint density at radius 1 is 1.27 bits per heavy atom. The summed E-state index contributed by atoms with van der Waals surface area (Å²) in [6.07, 6.45) is -0.0850. The lowest BCUT2D eigenvalue weighted by molar-refractivity contribution is -0.274. The van der Waals surface area contributed by atoms with Crippen LogP contribution in [0.1, 0.15) is 18.5 Å². The molecule has 4 N–H and O–H groups in total. The van der Waals surface area contributed by atoms with Gasteiger partial charge in [0.2, 0.25) is 11.8 Å². The minimum Gasteiger partial charge on any atom is -0.493 e. The number of rotatable bonds is 5. The van der Waals surface area contributed by atoms with Gasteiger partial charge in [0.05, 0.1) is 12.2 Å². The molecule has 1 fully saturated rings. The van der Waals surface area contributed by atoms with Gasteiger partial charge in [-0.15, -0.1) is 13.2 Å². The molecule has 1 aliphatic carbocycles. The van der Waals surface area contributed by atoms with Crippen LogP contribution >= 0.6 is 0 Å². The predicted molar refractivity (Wildman–Crippen MR) is 108 cm³/mol. The van der Waals surface area contributed by atoms with Crippen LogP contribution in [0.15, 0.2) is 40.2 Å². The number of aromatic amines is 2. The molecule has 0 atom stereocenters. The third-order valence-corrected chi connectivity index (χ3v) is 4.58. The number of ether oxygens (including phenoxy) is 1. The van der Waals surface area contributed by atoms with Crippen LogP contribution in [0.4, 0.5) is 24.8 Å². The van der Waals surface area contributed by atoms with E-state index in [0.717, 1.165) is 18.9 Å². The number of H-pyrrole nitrogens is 2. The number of hydrogen-bond donors (Lipinski definition) is 4. The van der Waals surface area contributed by atoms with Gasteiger partial charge in [-0.2, -0.15) is 19.6 Å². The summed E-state index contributed by atoms with van der Waals surface area (Å²) in [5.74, 6) is -0.689. The first-order valence-electron chi connectivity index (χ1n) is 9.69. The molecule has 3 heterocycles. The van der Waals surface area contributed by atoms with Crippen molar-refractivity contribution in [1.82, 2.24) is 29.5 Å². The third kappa shape index (κ3) is 4.63. The van der Waals surface area contributed by atoms with Gasteiger partial charge in [0, 0.05) is 17.0 Å². The number of benzene rings is 1. The molecule has 3 aromatic heterocycles. The van der Waals surface area contributed by atoms with E-state index in [1.165, 1.54) is 35.0 Å². The predicted octanol–water partition coefficient (Wildman–Crippen LogP) is 1.10. The molecule has 0 radical (unpaired) electrons. The van der Waals surface area contributed by atoms with Crippen molar-refractivity contribution in [3.8, 4) is 11.6 Å². The molecule has 1 aromatic carbocycles. The summed E-state index contributed by atoms with van der Waals surface area (Å²) in [5, 5.41) is 17.4. The molecule has 1 saturated carbocycles. The van der Waals surface area contributed by atoms with Gasteiger partial charge in [0.15, 0.2) is 5.65 Å². The molecule has 14 heteroatoms. The van der Waals surface area contributed by atoms with Crippen molar-refractivity contribution < 1.29 is 23.0 Å². The van der Waals surface area contributed by atoms with Crippen molar-refractivity contribution in [2.45, 2.75) is 25.2 Å². The van der Waals surface area contributed by atoms with Gasteiger partial charge in [0.1, 0.15) is 11.4 Å². The number of aromatic nitrogens is 6. The molecule has 0 saturated heterocycles. The van der Waals surface area contributed by atoms with Crippen molar-refractivity contribution in [3.05, 3.63) is 57.5 Å². The minimum atomic E-state index is -4.82. The monoisotopic (exact) mass is 460 g/mol. The second kappa shape index (κ2) is 7.65. The van der Waals surface area contributed by atoms with Crippen LogP contribution in [0, 0.1) is 0 Å². The number of alkyl halides is 3. The zero-order chi connectivity index (χ0) is 23.2. The lowest BCUT2D eigenvalue weighted by Gasteiger charge is -2.10. The SMILES string of the molecule is O=c1[nH]c(O)c(/C=c2\cnn3c(=NC4CC4)nc(Nc4cccc(OC(F)(F)F)c4)nc23)[nH]1. The number of halogens is 3. The Labute approximate surface area is 181 Å². The van der Waals surface area contributed by atoms with Crippen LogP contribution in [0.3, 0.4) is 0 Å². The number of nitrogens with zero attached hydrogens (tertiary/aromatic N) is 5. The van der Waals surface area contributed by atoms with E-state index in [1.807, 2.05) is 0 Å². The van der Waals surface area contributed by atoms with E-state index in [0.29, 0.717) is 10.9 Å². The van der Waals surface area contributed by atoms with Crippen molar-refractivity contribution in [1.29, 1.82) is 0 Å². The number of anilines is 2. The number of nitrogens with one attached hydrogen (secondary N) is 3. The molecule has 0 bridgehead atoms. The van der Waals surface area contributed by atoms with Crippen molar-refractivity contribution >= 4 is 23.4 Å². The lowest BCUT2D eigenvalue weighted by atomic mass is 10.3. The Hall–Kier alpha value is -4.36. The Morgan fingerprint density at radius 3 is 2.79 bits per heavy atom. The first-order valence-corrected chi connectivity index (χ1v) is 9.69. The lowest BCUT2D eigenvalue weighted by Crippen LogP contribution is -2.24. The van der Waals surface area contributed by atoms with Gasteiger partial charge in [-0.1, -0.05) is 6.07 Å². The largest absolute Gasteiger partial charge is 0.573 e. The molecular weight excluding hydrogens is 445 g/mol. The maximum Gasteiger partial charge on any atom is 0.573 e. The zero-order valence-corrected chi connectivity index (χ0v) is 16.6. The van der Waals surface area contributed by atoms with Crippen LogP contribution in [-0.2, 0) is 0 Å². The summed E-state index contributed by atoms with van der Waals surface area (Å²) < 4.78 is 43.0. The second-order valence-electron chi connectivity index (χ2n) is 7.23. The summed E-state index contributed by atoms with van der Waals surface area (Å²) in [5.41, 5.74) is 0.351. The van der Waals surface area contributed by atoms with Gasteiger partial charge >= 0.3 is 12.1 Å². The first kappa shape index (κ1) is 20.5. The Bertz CT molecular complexity index is 1520. The summed E-state index contributed by atoms with van der Waals surface area (Å²) in [6.45, 7) is 0. The highest BCUT2D eigenvalue weighted by atomic mass is 19.4. The summed E-state index contributed by atoms with van der Waals surface area (Å²) >= 11 is 0. The normalized spacial score (nSPS) is 15.4. The zero-order valence-electron chi connectivity index (χ0n) is 16.6. The van der Waals surface area contributed by atoms with Crippen LogP contribution in [0.2, 0.25) is 0 Å². The van der Waals surface area contributed by atoms with Crippen LogP contribution in [0.25, 0.3) is 11.7 Å². The molecule has 170 valence electrons. The van der Waals surface area contributed by atoms with Crippen molar-refractivity contribution in [2.24, 2.45) is 4.99 Å². The first-order chi connectivity index (χ1) is 15.7. The molecule has 5 rings (SSSR count). The maximum absolute atomic E-state index is 12.5. The molecule has 11 nitrogen and oxygen atoms in total. The highest BCUT2D eigenvalue weighted by Crippen LogP contribution is 2.26. The number of aromatic hydroxyl groups is 1. The standard InChI is InChI=1S/C19H15F3N8O3/c20-19(21,22)33-12-3-1-2-11(7-12)24-16-27-14-9(6-13-15(31)28-18(32)26-13)8-23-30(14)17(29-16)25-10-4-5-10/h1-3,6-8,10,31H,4-5H2,(H,24,25,29)(H2,26,28,32)/b9-6+. The molecule has 0 amide bonds. The van der Waals surface area contributed by atoms with E-state index < -0.39 is 17.8 Å². The smallest absolute Gasteiger partial charge is 0.493 e. The van der Waals surface area contributed by atoms with Gasteiger partial charge < -0.3 is 20.1 Å². The maximum atomic E-state index is 12.5. The molecule has 4 aromatic rings. The van der Waals surface area contributed by atoms with E-state index in [2.05, 4.69) is 40.1 Å². The third-order valence-electron chi connectivity index (χ3n) is 4.58. The number of hydrogen-bond acceptors (Lipinski definition) is 8. The van der Waals surface area contributed by atoms with Crippen molar-refractivity contribution in [3.63, 3.8) is 0 Å². The molecule has 0 unspecified atom stereocenters. The fraction of sp³-hybridized carbons (Fsp3) is 0.211. The van der Waals surface area contributed by atoms with Gasteiger partial charge in [-0.05, 0) is 31.1 Å². The number of imidazole rings is 1. The fourth-order valence-corrected chi connectivity index (χ4v) is 3.04. The fourth-order valence-electron chi connectivity index (χ4n) is 3.04. The molecule has 0 aliphatic heterocycles. The summed E-state index contributed by atoms with van der Waals surface area (Å²) in [4.78, 5) is 29.3. The van der Waals surface area contributed by atoms with E-state index in [9.17, 15) is 23.1 Å². The summed E-state index contributed by atoms with van der Waals surface area (Å²) in [6, 6.07) is 5.34. The minimum absolute atomic E-state index is 0.0630. The quantitative estimate of drug-likeness (QED) is 0.349. The van der Waals surface area contributed by atoms with E-state index in [1.54, 1.807) is 0 Å². The van der Waals surface area contributed by atoms with E-state index >= 15 is 0 Å². The van der Waals surface area contributed by atoms with Gasteiger partial charge in [0.25, 0.3) is 5.62 Å². The van der Waals surface area contributed by atoms with Crippen LogP contribution in [0.5, 0.6) is 11.6 Å². The average Bonchev–Trinajstić information content (AvgIpc) is 3.36. The molecule has 33 heavy (non-hydrogen) atoms. The van der Waals surface area contributed by atoms with Gasteiger partial charge in [-0.25, -0.2) is 9.79 Å². The van der Waals surface area contributed by atoms with E-state index in [4.69, 9.17) is 0 Å². The number of fused-ring (bicyclic) bond motifs is 1. The average molecular weight is 460 g/mol. The Kier molecular flexibility index (Phi) is 4.76. The Morgan fingerprint density at radius 2 is 2.09 bits per heavy atom. The second-order valence-corrected chi connectivity index (χ2v) is 7.23. The molecule has 1 aliphatic rings. The Balaban J connectivity index is 1.59. The van der Waals surface area contributed by atoms with Crippen molar-refractivity contribution in [2.75, 3.05) is 5.32 Å². The highest BCUT2D eigenvalue weighted by molar-refractivity contribution is 5.60. The topological polar surface area (TPSA) is 146 Å². The van der Waals surface area contributed by atoms with Crippen LogP contribution < -0.4 is 26.6 Å². The molecular formula is C19H15F3N8O3. The highest BCUT2D eigenvalue weighted by Gasteiger charge is 2.31. The van der Waals surface area contributed by atoms with Crippen LogP contribution in [-0.4, -0.2) is 47.1 Å². The summed E-state index contributed by atoms with van der Waals surface area (Å²) in [7, 11) is 0. The molecule has 0 spiro atoms. The van der Waals surface area contributed by atoms with E-state index in [-0.39, 0.29) is 34.9 Å². The van der Waals surface area contributed by atoms with Gasteiger partial charge in [-0.3, -0.25) is 4.98 Å².